The number of alkyl halides is 3. The molecular weight excluding hydrogens is 343 g/mol. The van der Waals surface area contributed by atoms with E-state index < -0.39 is 11.7 Å². The standard InChI is InChI=1S/C19H22F3N3O/c1-23-18(24-10-11-26-14-15-6-3-2-4-7-15)25-13-16-8-5-9-17(12-16)19(20,21)22/h2-9,12H,10-11,13-14H2,1H3,(H2,23,24,25). The number of hydrogen-bond donors (Lipinski definition) is 2. The molecular formula is C19H22F3N3O. The molecule has 0 aliphatic carbocycles. The third-order valence-corrected chi connectivity index (χ3v) is 3.59. The lowest BCUT2D eigenvalue weighted by Crippen LogP contribution is -2.38. The normalized spacial score (nSPS) is 12.1. The lowest BCUT2D eigenvalue weighted by atomic mass is 10.1. The average Bonchev–Trinajstić information content (AvgIpc) is 2.64. The van der Waals surface area contributed by atoms with Crippen molar-refractivity contribution in [1.29, 1.82) is 0 Å². The Labute approximate surface area is 151 Å². The minimum absolute atomic E-state index is 0.245. The second-order valence-electron chi connectivity index (χ2n) is 5.59. The number of ether oxygens (including phenoxy) is 1. The molecule has 2 rings (SSSR count). The predicted molar refractivity (Wildman–Crippen MR) is 95.7 cm³/mol. The molecule has 0 aromatic heterocycles. The third-order valence-electron chi connectivity index (χ3n) is 3.59. The predicted octanol–water partition coefficient (Wildman–Crippen LogP) is 3.59. The topological polar surface area (TPSA) is 45.7 Å². The van der Waals surface area contributed by atoms with Crippen molar-refractivity contribution in [2.75, 3.05) is 20.2 Å². The lowest BCUT2D eigenvalue weighted by Gasteiger charge is -2.13. The number of rotatable bonds is 7. The van der Waals surface area contributed by atoms with Gasteiger partial charge in [-0.25, -0.2) is 0 Å². The van der Waals surface area contributed by atoms with Crippen molar-refractivity contribution in [3.63, 3.8) is 0 Å². The molecule has 26 heavy (non-hydrogen) atoms. The van der Waals surface area contributed by atoms with Crippen LogP contribution >= 0.6 is 0 Å². The summed E-state index contributed by atoms with van der Waals surface area (Å²) in [6.45, 7) is 1.79. The fourth-order valence-electron chi connectivity index (χ4n) is 2.27. The Morgan fingerprint density at radius 3 is 2.42 bits per heavy atom. The summed E-state index contributed by atoms with van der Waals surface area (Å²) < 4.78 is 43.7. The van der Waals surface area contributed by atoms with E-state index in [-0.39, 0.29) is 6.54 Å². The van der Waals surface area contributed by atoms with Crippen LogP contribution in [-0.2, 0) is 24.1 Å². The lowest BCUT2D eigenvalue weighted by molar-refractivity contribution is -0.137. The van der Waals surface area contributed by atoms with Gasteiger partial charge in [0.1, 0.15) is 0 Å². The number of benzene rings is 2. The molecule has 0 unspecified atom stereocenters. The summed E-state index contributed by atoms with van der Waals surface area (Å²) in [6, 6.07) is 15.1. The van der Waals surface area contributed by atoms with Crippen LogP contribution in [0.15, 0.2) is 59.6 Å². The smallest absolute Gasteiger partial charge is 0.375 e. The zero-order chi connectivity index (χ0) is 18.8. The van der Waals surface area contributed by atoms with Gasteiger partial charge in [-0.15, -0.1) is 0 Å². The molecule has 0 atom stereocenters. The van der Waals surface area contributed by atoms with Gasteiger partial charge >= 0.3 is 6.18 Å². The molecule has 7 heteroatoms. The summed E-state index contributed by atoms with van der Waals surface area (Å²) in [7, 11) is 1.60. The number of nitrogens with one attached hydrogen (secondary N) is 2. The number of guanidine groups is 1. The zero-order valence-electron chi connectivity index (χ0n) is 14.5. The van der Waals surface area contributed by atoms with Gasteiger partial charge in [0.05, 0.1) is 18.8 Å². The quantitative estimate of drug-likeness (QED) is 0.448. The van der Waals surface area contributed by atoms with Gasteiger partial charge in [0, 0.05) is 20.1 Å². The Bertz CT molecular complexity index is 703. The highest BCUT2D eigenvalue weighted by atomic mass is 19.4. The van der Waals surface area contributed by atoms with E-state index >= 15 is 0 Å². The fourth-order valence-corrected chi connectivity index (χ4v) is 2.27. The van der Waals surface area contributed by atoms with Crippen LogP contribution in [0.3, 0.4) is 0 Å². The highest BCUT2D eigenvalue weighted by Gasteiger charge is 2.30. The SMILES string of the molecule is CN=C(NCCOCc1ccccc1)NCc1cccc(C(F)(F)F)c1. The molecule has 2 aromatic rings. The average molecular weight is 365 g/mol. The summed E-state index contributed by atoms with van der Waals surface area (Å²) in [5, 5.41) is 6.05. The van der Waals surface area contributed by atoms with E-state index in [9.17, 15) is 13.2 Å². The first-order chi connectivity index (χ1) is 12.5. The highest BCUT2D eigenvalue weighted by molar-refractivity contribution is 5.79. The van der Waals surface area contributed by atoms with E-state index in [0.29, 0.717) is 31.3 Å². The molecule has 0 spiro atoms. The molecule has 0 aliphatic heterocycles. The van der Waals surface area contributed by atoms with E-state index in [1.165, 1.54) is 6.07 Å². The Kier molecular flexibility index (Phi) is 7.47. The second kappa shape index (κ2) is 9.82. The van der Waals surface area contributed by atoms with Crippen LogP contribution < -0.4 is 10.6 Å². The summed E-state index contributed by atoms with van der Waals surface area (Å²) in [6.07, 6.45) is -4.34. The maximum Gasteiger partial charge on any atom is 0.416 e. The number of halogens is 3. The van der Waals surface area contributed by atoms with Crippen molar-refractivity contribution in [3.8, 4) is 0 Å². The summed E-state index contributed by atoms with van der Waals surface area (Å²) in [5.41, 5.74) is 0.969. The molecule has 0 bridgehead atoms. The van der Waals surface area contributed by atoms with E-state index in [4.69, 9.17) is 4.74 Å². The molecule has 0 amide bonds. The molecule has 0 saturated heterocycles. The van der Waals surface area contributed by atoms with Gasteiger partial charge in [0.25, 0.3) is 0 Å². The molecule has 0 saturated carbocycles. The van der Waals surface area contributed by atoms with Gasteiger partial charge in [-0.1, -0.05) is 42.5 Å². The number of aliphatic imine (C=N–C) groups is 1. The monoisotopic (exact) mass is 365 g/mol. The van der Waals surface area contributed by atoms with Crippen LogP contribution in [0.4, 0.5) is 13.2 Å². The number of hydrogen-bond acceptors (Lipinski definition) is 2. The van der Waals surface area contributed by atoms with Crippen molar-refractivity contribution >= 4 is 5.96 Å². The molecule has 140 valence electrons. The van der Waals surface area contributed by atoms with Crippen LogP contribution in [-0.4, -0.2) is 26.2 Å². The summed E-state index contributed by atoms with van der Waals surface area (Å²) >= 11 is 0. The Morgan fingerprint density at radius 2 is 1.73 bits per heavy atom. The van der Waals surface area contributed by atoms with Crippen LogP contribution in [0.2, 0.25) is 0 Å². The first kappa shape index (κ1) is 19.8. The first-order valence-corrected chi connectivity index (χ1v) is 8.21. The van der Waals surface area contributed by atoms with Crippen molar-refractivity contribution in [2.24, 2.45) is 4.99 Å². The van der Waals surface area contributed by atoms with Crippen LogP contribution in [0, 0.1) is 0 Å². The molecule has 4 nitrogen and oxygen atoms in total. The third kappa shape index (κ3) is 6.76. The maximum absolute atomic E-state index is 12.7. The molecule has 2 aromatic carbocycles. The minimum atomic E-state index is -4.34. The van der Waals surface area contributed by atoms with Crippen molar-refractivity contribution < 1.29 is 17.9 Å². The zero-order valence-corrected chi connectivity index (χ0v) is 14.5. The van der Waals surface area contributed by atoms with Crippen molar-refractivity contribution in [2.45, 2.75) is 19.3 Å². The Hall–Kier alpha value is -2.54. The van der Waals surface area contributed by atoms with E-state index in [2.05, 4.69) is 15.6 Å². The largest absolute Gasteiger partial charge is 0.416 e. The van der Waals surface area contributed by atoms with E-state index in [1.807, 2.05) is 30.3 Å². The molecule has 0 radical (unpaired) electrons. The van der Waals surface area contributed by atoms with Gasteiger partial charge < -0.3 is 15.4 Å². The van der Waals surface area contributed by atoms with Gasteiger partial charge in [0.2, 0.25) is 0 Å². The second-order valence-corrected chi connectivity index (χ2v) is 5.59. The van der Waals surface area contributed by atoms with Crippen LogP contribution in [0.5, 0.6) is 0 Å². The van der Waals surface area contributed by atoms with Crippen LogP contribution in [0.1, 0.15) is 16.7 Å². The van der Waals surface area contributed by atoms with E-state index in [0.717, 1.165) is 17.7 Å². The summed E-state index contributed by atoms with van der Waals surface area (Å²) in [4.78, 5) is 4.05. The molecule has 0 heterocycles. The Morgan fingerprint density at radius 1 is 1.00 bits per heavy atom. The van der Waals surface area contributed by atoms with Crippen molar-refractivity contribution in [3.05, 3.63) is 71.3 Å². The van der Waals surface area contributed by atoms with Crippen LogP contribution in [0.25, 0.3) is 0 Å². The highest BCUT2D eigenvalue weighted by Crippen LogP contribution is 2.29. The Balaban J connectivity index is 1.71. The van der Waals surface area contributed by atoms with Crippen molar-refractivity contribution in [1.82, 2.24) is 10.6 Å². The summed E-state index contributed by atoms with van der Waals surface area (Å²) in [5.74, 6) is 0.505. The van der Waals surface area contributed by atoms with Gasteiger partial charge in [-0.2, -0.15) is 13.2 Å². The number of nitrogens with zero attached hydrogens (tertiary/aromatic N) is 1. The first-order valence-electron chi connectivity index (χ1n) is 8.21. The van der Waals surface area contributed by atoms with Gasteiger partial charge in [0.15, 0.2) is 5.96 Å². The van der Waals surface area contributed by atoms with Gasteiger partial charge in [-0.05, 0) is 23.3 Å². The fraction of sp³-hybridized carbons (Fsp3) is 0.316. The molecule has 0 fully saturated rings. The van der Waals surface area contributed by atoms with Gasteiger partial charge in [-0.3, -0.25) is 4.99 Å². The van der Waals surface area contributed by atoms with E-state index in [1.54, 1.807) is 13.1 Å². The minimum Gasteiger partial charge on any atom is -0.375 e. The molecule has 0 aliphatic rings. The molecule has 2 N–H and O–H groups in total. The maximum atomic E-state index is 12.7.